The fourth-order valence-corrected chi connectivity index (χ4v) is 3.39. The first kappa shape index (κ1) is 18.1. The minimum atomic E-state index is -0.204. The molecule has 0 spiro atoms. The molecule has 1 aromatic carbocycles. The summed E-state index contributed by atoms with van der Waals surface area (Å²) in [6, 6.07) is 13.1. The van der Waals surface area contributed by atoms with Crippen molar-refractivity contribution in [3.05, 3.63) is 59.4 Å². The monoisotopic (exact) mass is 351 g/mol. The number of pyridine rings is 1. The van der Waals surface area contributed by atoms with Gasteiger partial charge >= 0.3 is 0 Å². The molecule has 1 aromatic heterocycles. The predicted octanol–water partition coefficient (Wildman–Crippen LogP) is 3.73. The normalized spacial score (nSPS) is 14.2. The van der Waals surface area contributed by atoms with E-state index in [1.807, 2.05) is 38.1 Å². The number of aromatic nitrogens is 1. The summed E-state index contributed by atoms with van der Waals surface area (Å²) >= 11 is 0. The molecule has 26 heavy (non-hydrogen) atoms. The SMILES string of the molecule is CCN(C(=O)c1cccc(C(=O)NC2CCCC2)n1)c1cccc(C)c1. The Balaban J connectivity index is 1.79. The average Bonchev–Trinajstić information content (AvgIpc) is 3.15. The van der Waals surface area contributed by atoms with Crippen molar-refractivity contribution in [1.29, 1.82) is 0 Å². The highest BCUT2D eigenvalue weighted by atomic mass is 16.2. The molecule has 1 N–H and O–H groups in total. The van der Waals surface area contributed by atoms with Crippen molar-refractivity contribution < 1.29 is 9.59 Å². The highest BCUT2D eigenvalue weighted by Crippen LogP contribution is 2.19. The molecular formula is C21H25N3O2. The van der Waals surface area contributed by atoms with Crippen LogP contribution in [0, 0.1) is 6.92 Å². The number of nitrogens with zero attached hydrogens (tertiary/aromatic N) is 2. The number of aryl methyl sites for hydroxylation is 1. The molecule has 0 aliphatic heterocycles. The number of anilines is 1. The fourth-order valence-electron chi connectivity index (χ4n) is 3.39. The number of benzene rings is 1. The maximum Gasteiger partial charge on any atom is 0.276 e. The van der Waals surface area contributed by atoms with Gasteiger partial charge in [-0.05, 0) is 56.5 Å². The Morgan fingerprint density at radius 1 is 1.12 bits per heavy atom. The number of carbonyl (C=O) groups excluding carboxylic acids is 2. The van der Waals surface area contributed by atoms with Crippen molar-refractivity contribution >= 4 is 17.5 Å². The van der Waals surface area contributed by atoms with Gasteiger partial charge in [-0.2, -0.15) is 0 Å². The molecule has 3 rings (SSSR count). The first-order chi connectivity index (χ1) is 12.6. The van der Waals surface area contributed by atoms with Crippen molar-refractivity contribution in [1.82, 2.24) is 10.3 Å². The van der Waals surface area contributed by atoms with Gasteiger partial charge in [-0.3, -0.25) is 9.59 Å². The van der Waals surface area contributed by atoms with Crippen LogP contribution in [-0.2, 0) is 0 Å². The molecule has 0 radical (unpaired) electrons. The van der Waals surface area contributed by atoms with Crippen LogP contribution in [0.3, 0.4) is 0 Å². The molecular weight excluding hydrogens is 326 g/mol. The molecule has 5 nitrogen and oxygen atoms in total. The van der Waals surface area contributed by atoms with Crippen molar-refractivity contribution in [3.63, 3.8) is 0 Å². The maximum atomic E-state index is 12.9. The Morgan fingerprint density at radius 2 is 1.81 bits per heavy atom. The van der Waals surface area contributed by atoms with Crippen molar-refractivity contribution in [2.75, 3.05) is 11.4 Å². The Kier molecular flexibility index (Phi) is 5.66. The Morgan fingerprint density at radius 3 is 2.50 bits per heavy atom. The van der Waals surface area contributed by atoms with Crippen LogP contribution < -0.4 is 10.2 Å². The lowest BCUT2D eigenvalue weighted by molar-refractivity contribution is 0.0932. The second-order valence-electron chi connectivity index (χ2n) is 6.75. The number of hydrogen-bond donors (Lipinski definition) is 1. The van der Waals surface area contributed by atoms with Crippen molar-refractivity contribution in [3.8, 4) is 0 Å². The van der Waals surface area contributed by atoms with E-state index in [4.69, 9.17) is 0 Å². The van der Waals surface area contributed by atoms with Gasteiger partial charge in [0.05, 0.1) is 0 Å². The zero-order valence-corrected chi connectivity index (χ0v) is 15.4. The number of hydrogen-bond acceptors (Lipinski definition) is 3. The highest BCUT2D eigenvalue weighted by molar-refractivity contribution is 6.05. The number of carbonyl (C=O) groups is 2. The van der Waals surface area contributed by atoms with Gasteiger partial charge in [0.25, 0.3) is 11.8 Å². The molecule has 0 saturated heterocycles. The summed E-state index contributed by atoms with van der Waals surface area (Å²) in [7, 11) is 0. The standard InChI is InChI=1S/C21H25N3O2/c1-3-24(17-11-6-8-15(2)14-17)21(26)19-13-7-12-18(23-19)20(25)22-16-9-4-5-10-16/h6-8,11-14,16H,3-5,9-10H2,1-2H3,(H,22,25). The molecule has 1 heterocycles. The molecule has 0 bridgehead atoms. The third-order valence-electron chi connectivity index (χ3n) is 4.77. The largest absolute Gasteiger partial charge is 0.348 e. The summed E-state index contributed by atoms with van der Waals surface area (Å²) < 4.78 is 0. The van der Waals surface area contributed by atoms with E-state index in [0.717, 1.165) is 36.9 Å². The molecule has 0 unspecified atom stereocenters. The lowest BCUT2D eigenvalue weighted by Crippen LogP contribution is -2.34. The zero-order valence-electron chi connectivity index (χ0n) is 15.4. The van der Waals surface area contributed by atoms with Gasteiger partial charge < -0.3 is 10.2 Å². The first-order valence-corrected chi connectivity index (χ1v) is 9.25. The fraction of sp³-hybridized carbons (Fsp3) is 0.381. The van der Waals surface area contributed by atoms with E-state index in [2.05, 4.69) is 10.3 Å². The van der Waals surface area contributed by atoms with Gasteiger partial charge in [0, 0.05) is 18.3 Å². The summed E-state index contributed by atoms with van der Waals surface area (Å²) in [4.78, 5) is 31.4. The van der Waals surface area contributed by atoms with E-state index in [-0.39, 0.29) is 23.6 Å². The van der Waals surface area contributed by atoms with Crippen LogP contribution >= 0.6 is 0 Å². The zero-order chi connectivity index (χ0) is 18.5. The summed E-state index contributed by atoms with van der Waals surface area (Å²) in [6.07, 6.45) is 4.33. The van der Waals surface area contributed by atoms with Crippen LogP contribution in [0.1, 0.15) is 59.1 Å². The van der Waals surface area contributed by atoms with Crippen LogP contribution in [-0.4, -0.2) is 29.4 Å². The summed E-state index contributed by atoms with van der Waals surface area (Å²) in [5.41, 5.74) is 2.50. The lowest BCUT2D eigenvalue weighted by Gasteiger charge is -2.21. The van der Waals surface area contributed by atoms with Gasteiger partial charge in [-0.15, -0.1) is 0 Å². The highest BCUT2D eigenvalue weighted by Gasteiger charge is 2.21. The smallest absolute Gasteiger partial charge is 0.276 e. The molecule has 2 amide bonds. The predicted molar refractivity (Wildman–Crippen MR) is 102 cm³/mol. The van der Waals surface area contributed by atoms with Crippen molar-refractivity contribution in [2.24, 2.45) is 0 Å². The van der Waals surface area contributed by atoms with E-state index in [1.165, 1.54) is 0 Å². The molecule has 1 fully saturated rings. The molecule has 136 valence electrons. The number of amides is 2. The lowest BCUT2D eigenvalue weighted by atomic mass is 10.2. The van der Waals surface area contributed by atoms with E-state index in [1.54, 1.807) is 23.1 Å². The molecule has 5 heteroatoms. The second-order valence-corrected chi connectivity index (χ2v) is 6.75. The summed E-state index contributed by atoms with van der Waals surface area (Å²) in [5.74, 6) is -0.404. The third-order valence-corrected chi connectivity index (χ3v) is 4.77. The Hall–Kier alpha value is -2.69. The van der Waals surface area contributed by atoms with E-state index in [9.17, 15) is 9.59 Å². The summed E-state index contributed by atoms with van der Waals surface area (Å²) in [6.45, 7) is 4.45. The number of rotatable bonds is 5. The van der Waals surface area contributed by atoms with Crippen LogP contribution in [0.15, 0.2) is 42.5 Å². The van der Waals surface area contributed by atoms with Gasteiger partial charge in [0.2, 0.25) is 0 Å². The van der Waals surface area contributed by atoms with Gasteiger partial charge in [-0.25, -0.2) is 4.98 Å². The average molecular weight is 351 g/mol. The van der Waals surface area contributed by atoms with E-state index in [0.29, 0.717) is 12.2 Å². The molecule has 0 atom stereocenters. The van der Waals surface area contributed by atoms with Crippen LogP contribution in [0.2, 0.25) is 0 Å². The molecule has 1 saturated carbocycles. The minimum Gasteiger partial charge on any atom is -0.348 e. The van der Waals surface area contributed by atoms with Gasteiger partial charge in [-0.1, -0.05) is 31.0 Å². The Bertz CT molecular complexity index is 797. The molecule has 1 aliphatic carbocycles. The topological polar surface area (TPSA) is 62.3 Å². The number of nitrogens with one attached hydrogen (secondary N) is 1. The van der Waals surface area contributed by atoms with Crippen LogP contribution in [0.25, 0.3) is 0 Å². The van der Waals surface area contributed by atoms with Gasteiger partial charge in [0.15, 0.2) is 0 Å². The minimum absolute atomic E-state index is 0.200. The quantitative estimate of drug-likeness (QED) is 0.893. The van der Waals surface area contributed by atoms with Crippen molar-refractivity contribution in [2.45, 2.75) is 45.6 Å². The summed E-state index contributed by atoms with van der Waals surface area (Å²) in [5, 5.41) is 3.02. The third kappa shape index (κ3) is 4.10. The molecule has 1 aliphatic rings. The molecule has 2 aromatic rings. The maximum absolute atomic E-state index is 12.9. The first-order valence-electron chi connectivity index (χ1n) is 9.25. The van der Waals surface area contributed by atoms with E-state index >= 15 is 0 Å². The van der Waals surface area contributed by atoms with Gasteiger partial charge in [0.1, 0.15) is 11.4 Å². The Labute approximate surface area is 154 Å². The van der Waals surface area contributed by atoms with E-state index < -0.39 is 0 Å². The second kappa shape index (κ2) is 8.13. The van der Waals surface area contributed by atoms with Crippen LogP contribution in [0.5, 0.6) is 0 Å². The van der Waals surface area contributed by atoms with Crippen LogP contribution in [0.4, 0.5) is 5.69 Å².